The van der Waals surface area contributed by atoms with Gasteiger partial charge in [-0.05, 0) is 76.0 Å². The van der Waals surface area contributed by atoms with Crippen LogP contribution in [0, 0.1) is 0 Å². The molecule has 0 radical (unpaired) electrons. The highest BCUT2D eigenvalue weighted by Gasteiger charge is 2.23. The van der Waals surface area contributed by atoms with Crippen LogP contribution in [0.1, 0.15) is 23.5 Å². The Morgan fingerprint density at radius 1 is 1.21 bits per heavy atom. The van der Waals surface area contributed by atoms with Gasteiger partial charge >= 0.3 is 0 Å². The zero-order valence-electron chi connectivity index (χ0n) is 13.2. The summed E-state index contributed by atoms with van der Waals surface area (Å²) in [5, 5.41) is 2.75. The molecular formula is C15H16Br2N2O3S2. The Hall–Kier alpha value is -0.740. The Morgan fingerprint density at radius 3 is 2.25 bits per heavy atom. The van der Waals surface area contributed by atoms with Crippen LogP contribution in [0.4, 0.5) is 5.69 Å². The molecule has 0 bridgehead atoms. The average molecular weight is 496 g/mol. The molecule has 9 heteroatoms. The van der Waals surface area contributed by atoms with E-state index in [1.54, 1.807) is 25.2 Å². The Bertz CT molecular complexity index is 827. The van der Waals surface area contributed by atoms with Gasteiger partial charge in [-0.1, -0.05) is 0 Å². The molecule has 1 N–H and O–H groups in total. The van der Waals surface area contributed by atoms with Gasteiger partial charge in [-0.25, -0.2) is 8.42 Å². The molecular weight excluding hydrogens is 480 g/mol. The van der Waals surface area contributed by atoms with Gasteiger partial charge in [-0.2, -0.15) is 4.31 Å². The van der Waals surface area contributed by atoms with Gasteiger partial charge < -0.3 is 5.32 Å². The molecule has 0 fully saturated rings. The third-order valence-corrected chi connectivity index (χ3v) is 8.69. The maximum atomic E-state index is 12.4. The first-order valence-corrected chi connectivity index (χ1v) is 10.8. The van der Waals surface area contributed by atoms with Gasteiger partial charge in [0.05, 0.1) is 13.6 Å². The highest BCUT2D eigenvalue weighted by Crippen LogP contribution is 2.32. The summed E-state index contributed by atoms with van der Waals surface area (Å²) in [6, 6.07) is 7.73. The third-order valence-electron chi connectivity index (χ3n) is 3.39. The van der Waals surface area contributed by atoms with Crippen LogP contribution >= 0.6 is 43.2 Å². The summed E-state index contributed by atoms with van der Waals surface area (Å²) >= 11 is 8.00. The lowest BCUT2D eigenvalue weighted by atomic mass is 10.3. The quantitative estimate of drug-likeness (QED) is 0.661. The highest BCUT2D eigenvalue weighted by molar-refractivity contribution is 9.13. The number of nitrogens with zero attached hydrogens (tertiary/aromatic N) is 1. The van der Waals surface area contributed by atoms with Crippen LogP contribution in [0.25, 0.3) is 0 Å². The summed E-state index contributed by atoms with van der Waals surface area (Å²) in [6.45, 7) is 3.62. The second-order valence-corrected chi connectivity index (χ2v) is 10.5. The monoisotopic (exact) mass is 494 g/mol. The van der Waals surface area contributed by atoms with Crippen molar-refractivity contribution in [1.29, 1.82) is 0 Å². The van der Waals surface area contributed by atoms with Crippen molar-refractivity contribution in [2.24, 2.45) is 0 Å². The van der Waals surface area contributed by atoms with Gasteiger partial charge in [0.2, 0.25) is 10.0 Å². The Morgan fingerprint density at radius 2 is 1.79 bits per heavy atom. The largest absolute Gasteiger partial charge is 0.321 e. The van der Waals surface area contributed by atoms with E-state index in [1.807, 2.05) is 13.8 Å². The number of carbonyl (C=O) groups excluding carboxylic acids is 1. The standard InChI is InChI=1S/C15H16Br2N2O3S2/c1-9(2)19(3)24(21,22)11-6-4-10(5-7-11)18-15(20)13-8-12(16)14(17)23-13/h4-9H,1-3H3,(H,18,20). The fraction of sp³-hybridized carbons (Fsp3) is 0.267. The van der Waals surface area contributed by atoms with Crippen LogP contribution in [0.2, 0.25) is 0 Å². The van der Waals surface area contributed by atoms with Crippen molar-refractivity contribution in [3.8, 4) is 0 Å². The van der Waals surface area contributed by atoms with Crippen molar-refractivity contribution in [2.45, 2.75) is 24.8 Å². The number of halogens is 2. The van der Waals surface area contributed by atoms with E-state index in [2.05, 4.69) is 37.2 Å². The summed E-state index contributed by atoms with van der Waals surface area (Å²) in [4.78, 5) is 12.9. The zero-order chi connectivity index (χ0) is 18.1. The van der Waals surface area contributed by atoms with Crippen molar-refractivity contribution >= 4 is 64.8 Å². The van der Waals surface area contributed by atoms with Crippen molar-refractivity contribution < 1.29 is 13.2 Å². The van der Waals surface area contributed by atoms with E-state index in [1.165, 1.54) is 27.8 Å². The second-order valence-electron chi connectivity index (χ2n) is 5.33. The van der Waals surface area contributed by atoms with E-state index >= 15 is 0 Å². The minimum atomic E-state index is -3.53. The summed E-state index contributed by atoms with van der Waals surface area (Å²) in [5.74, 6) is -0.249. The van der Waals surface area contributed by atoms with Gasteiger partial charge in [-0.15, -0.1) is 11.3 Å². The smallest absolute Gasteiger partial charge is 0.265 e. The molecule has 0 spiro atoms. The van der Waals surface area contributed by atoms with Gasteiger partial charge in [0.15, 0.2) is 0 Å². The molecule has 0 aliphatic rings. The van der Waals surface area contributed by atoms with Crippen LogP contribution in [0.15, 0.2) is 43.5 Å². The highest BCUT2D eigenvalue weighted by atomic mass is 79.9. The van der Waals surface area contributed by atoms with Gasteiger partial charge in [0.1, 0.15) is 0 Å². The van der Waals surface area contributed by atoms with Gasteiger partial charge in [-0.3, -0.25) is 4.79 Å². The van der Waals surface area contributed by atoms with Crippen LogP contribution in [-0.4, -0.2) is 31.7 Å². The number of sulfonamides is 1. The first-order chi connectivity index (χ1) is 11.1. The molecule has 0 aliphatic carbocycles. The second kappa shape index (κ2) is 7.65. The Balaban J connectivity index is 2.16. The number of anilines is 1. The Kier molecular flexibility index (Phi) is 6.24. The van der Waals surface area contributed by atoms with Crippen LogP contribution in [-0.2, 0) is 10.0 Å². The SMILES string of the molecule is CC(C)N(C)S(=O)(=O)c1ccc(NC(=O)c2cc(Br)c(Br)s2)cc1. The molecule has 1 amide bonds. The van der Waals surface area contributed by atoms with Gasteiger partial charge in [0, 0.05) is 23.2 Å². The summed E-state index contributed by atoms with van der Waals surface area (Å²) in [7, 11) is -1.98. The van der Waals surface area contributed by atoms with E-state index in [4.69, 9.17) is 0 Å². The van der Waals surface area contributed by atoms with Crippen molar-refractivity contribution in [3.05, 3.63) is 43.5 Å². The third kappa shape index (κ3) is 4.26. The summed E-state index contributed by atoms with van der Waals surface area (Å²) in [6.07, 6.45) is 0. The zero-order valence-corrected chi connectivity index (χ0v) is 18.0. The lowest BCUT2D eigenvalue weighted by Gasteiger charge is -2.21. The molecule has 1 aromatic carbocycles. The van der Waals surface area contributed by atoms with E-state index < -0.39 is 10.0 Å². The number of rotatable bonds is 5. The number of hydrogen-bond donors (Lipinski definition) is 1. The Labute approximate surface area is 162 Å². The molecule has 0 atom stereocenters. The molecule has 0 aliphatic heterocycles. The first-order valence-electron chi connectivity index (χ1n) is 6.97. The molecule has 5 nitrogen and oxygen atoms in total. The summed E-state index contributed by atoms with van der Waals surface area (Å²) in [5.41, 5.74) is 0.534. The van der Waals surface area contributed by atoms with Crippen molar-refractivity contribution in [2.75, 3.05) is 12.4 Å². The van der Waals surface area contributed by atoms with Crippen molar-refractivity contribution in [1.82, 2.24) is 4.31 Å². The molecule has 2 aromatic rings. The molecule has 2 rings (SSSR count). The normalized spacial score (nSPS) is 12.0. The number of carbonyl (C=O) groups is 1. The number of hydrogen-bond acceptors (Lipinski definition) is 4. The fourth-order valence-electron chi connectivity index (χ4n) is 1.81. The number of amides is 1. The number of thiophene rings is 1. The van der Waals surface area contributed by atoms with Crippen LogP contribution < -0.4 is 5.32 Å². The predicted octanol–water partition coefficient (Wildman–Crippen LogP) is 4.55. The van der Waals surface area contributed by atoms with E-state index in [0.717, 1.165) is 8.26 Å². The molecule has 0 unspecified atom stereocenters. The summed E-state index contributed by atoms with van der Waals surface area (Å²) < 4.78 is 27.8. The average Bonchev–Trinajstić information content (AvgIpc) is 2.86. The minimum absolute atomic E-state index is 0.134. The molecule has 1 heterocycles. The number of nitrogens with one attached hydrogen (secondary N) is 1. The van der Waals surface area contributed by atoms with E-state index in [9.17, 15) is 13.2 Å². The lowest BCUT2D eigenvalue weighted by molar-refractivity contribution is 0.103. The van der Waals surface area contributed by atoms with Crippen LogP contribution in [0.5, 0.6) is 0 Å². The molecule has 24 heavy (non-hydrogen) atoms. The predicted molar refractivity (Wildman–Crippen MR) is 104 cm³/mol. The van der Waals surface area contributed by atoms with Gasteiger partial charge in [0.25, 0.3) is 5.91 Å². The van der Waals surface area contributed by atoms with Crippen molar-refractivity contribution in [3.63, 3.8) is 0 Å². The van der Waals surface area contributed by atoms with E-state index in [0.29, 0.717) is 10.6 Å². The fourth-order valence-corrected chi connectivity index (χ4v) is 5.10. The number of benzene rings is 1. The first kappa shape index (κ1) is 19.6. The topological polar surface area (TPSA) is 66.5 Å². The van der Waals surface area contributed by atoms with E-state index in [-0.39, 0.29) is 16.8 Å². The maximum absolute atomic E-state index is 12.4. The lowest BCUT2D eigenvalue weighted by Crippen LogP contribution is -2.33. The molecule has 1 aromatic heterocycles. The van der Waals surface area contributed by atoms with Crippen LogP contribution in [0.3, 0.4) is 0 Å². The maximum Gasteiger partial charge on any atom is 0.265 e. The minimum Gasteiger partial charge on any atom is -0.321 e. The molecule has 130 valence electrons. The molecule has 0 saturated carbocycles. The molecule has 0 saturated heterocycles.